The predicted octanol–water partition coefficient (Wildman–Crippen LogP) is 8.28. The number of benzene rings is 2. The molecule has 0 saturated carbocycles. The number of halogens is 7. The Hall–Kier alpha value is -5.13. The molecule has 3 aromatic rings. The summed E-state index contributed by atoms with van der Waals surface area (Å²) in [7, 11) is 1.26. The van der Waals surface area contributed by atoms with Crippen molar-refractivity contribution in [1.29, 1.82) is 0 Å². The second-order valence-corrected chi connectivity index (χ2v) is 13.6. The number of likely N-dealkylation sites (N-methyl/N-ethyl adjacent to an activating group) is 1. The van der Waals surface area contributed by atoms with Gasteiger partial charge in [-0.1, -0.05) is 12.0 Å². The van der Waals surface area contributed by atoms with Crippen LogP contribution in [0.5, 0.6) is 0 Å². The number of carbonyl (C=O) groups is 3. The maximum Gasteiger partial charge on any atom is 0.416 e. The van der Waals surface area contributed by atoms with Gasteiger partial charge in [0.05, 0.1) is 28.4 Å². The molecule has 0 aliphatic carbocycles. The summed E-state index contributed by atoms with van der Waals surface area (Å²) in [6.45, 7) is 9.96. The first-order chi connectivity index (χ1) is 23.2. The number of aromatic nitrogens is 1. The molecular formula is C36H36F7N3O5. The lowest BCUT2D eigenvalue weighted by Crippen LogP contribution is -2.53. The maximum absolute atomic E-state index is 14.1. The lowest BCUT2D eigenvalue weighted by atomic mass is 9.81. The number of nitrogens with zero attached hydrogens (tertiary/aromatic N) is 2. The number of alkyl halides is 6. The van der Waals surface area contributed by atoms with Crippen molar-refractivity contribution in [3.63, 3.8) is 0 Å². The zero-order valence-electron chi connectivity index (χ0n) is 28.9. The molecule has 1 aromatic heterocycles. The molecule has 51 heavy (non-hydrogen) atoms. The van der Waals surface area contributed by atoms with Crippen molar-refractivity contribution in [3.05, 3.63) is 82.4 Å². The maximum atomic E-state index is 14.1. The van der Waals surface area contributed by atoms with E-state index >= 15 is 0 Å². The molecule has 0 spiro atoms. The number of nitrogens with one attached hydrogen (secondary N) is 1. The highest BCUT2D eigenvalue weighted by Gasteiger charge is 2.41. The standard InChI is InChI=1S/C36H36F7N3O5/c1-20-14-24(37)11-12-26(20)27-18-25(10-9-13-34(7,30(48)49)45-31(50)51-32(2,3)4)44-19-28(27)46(8)29(47)33(5,6)21-15-22(35(38,39)40)17-23(16-21)36(41,42)43/h11-12,14-19H,13H2,1-8H3,(H,45,50)(H,48,49)/t34-/m0/s1. The average Bonchev–Trinajstić information content (AvgIpc) is 2.98. The zero-order valence-corrected chi connectivity index (χ0v) is 28.9. The van der Waals surface area contributed by atoms with E-state index in [-0.39, 0.29) is 23.0 Å². The van der Waals surface area contributed by atoms with E-state index in [0.29, 0.717) is 23.3 Å². The van der Waals surface area contributed by atoms with Gasteiger partial charge in [-0.15, -0.1) is 0 Å². The number of pyridine rings is 1. The van der Waals surface area contributed by atoms with Crippen LogP contribution in [0, 0.1) is 24.6 Å². The summed E-state index contributed by atoms with van der Waals surface area (Å²) >= 11 is 0. The van der Waals surface area contributed by atoms with Crippen molar-refractivity contribution in [2.24, 2.45) is 0 Å². The number of alkyl carbamates (subject to hydrolysis) is 1. The predicted molar refractivity (Wildman–Crippen MR) is 174 cm³/mol. The number of hydrogen-bond acceptors (Lipinski definition) is 5. The number of aryl methyl sites for hydroxylation is 1. The third-order valence-electron chi connectivity index (χ3n) is 7.78. The molecule has 0 aliphatic rings. The van der Waals surface area contributed by atoms with Gasteiger partial charge in [-0.2, -0.15) is 26.3 Å². The highest BCUT2D eigenvalue weighted by Crippen LogP contribution is 2.41. The summed E-state index contributed by atoms with van der Waals surface area (Å²) in [4.78, 5) is 43.5. The Labute approximate surface area is 290 Å². The summed E-state index contributed by atoms with van der Waals surface area (Å²) in [5, 5.41) is 12.1. The van der Waals surface area contributed by atoms with Gasteiger partial charge in [0.2, 0.25) is 5.91 Å². The fourth-order valence-corrected chi connectivity index (χ4v) is 4.91. The second kappa shape index (κ2) is 14.2. The summed E-state index contributed by atoms with van der Waals surface area (Å²) in [5.41, 5.74) is -7.29. The number of carboxylic acids is 1. The van der Waals surface area contributed by atoms with Crippen molar-refractivity contribution in [1.82, 2.24) is 10.3 Å². The first-order valence-corrected chi connectivity index (χ1v) is 15.2. The molecule has 8 nitrogen and oxygen atoms in total. The van der Waals surface area contributed by atoms with E-state index in [1.165, 1.54) is 52.2 Å². The average molecular weight is 724 g/mol. The smallest absolute Gasteiger partial charge is 0.416 e. The minimum absolute atomic E-state index is 0.0283. The Balaban J connectivity index is 2.11. The number of aliphatic carboxylic acids is 1. The largest absolute Gasteiger partial charge is 0.479 e. The minimum atomic E-state index is -5.14. The van der Waals surface area contributed by atoms with Gasteiger partial charge in [0.15, 0.2) is 0 Å². The van der Waals surface area contributed by atoms with E-state index in [1.54, 1.807) is 27.7 Å². The van der Waals surface area contributed by atoms with Gasteiger partial charge in [-0.05, 0) is 107 Å². The summed E-state index contributed by atoms with van der Waals surface area (Å²) in [6.07, 6.45) is -10.5. The van der Waals surface area contributed by atoms with Gasteiger partial charge >= 0.3 is 24.4 Å². The topological polar surface area (TPSA) is 109 Å². The second-order valence-electron chi connectivity index (χ2n) is 13.6. The van der Waals surface area contributed by atoms with Crippen molar-refractivity contribution in [3.8, 4) is 23.0 Å². The molecule has 0 unspecified atom stereocenters. The third kappa shape index (κ3) is 9.77. The number of rotatable bonds is 7. The Kier molecular flexibility index (Phi) is 11.3. The lowest BCUT2D eigenvalue weighted by molar-refractivity contribution is -0.144. The molecule has 1 heterocycles. The van der Waals surface area contributed by atoms with Gasteiger partial charge in [0, 0.05) is 19.0 Å². The quantitative estimate of drug-likeness (QED) is 0.188. The van der Waals surface area contributed by atoms with Crippen LogP contribution in [-0.2, 0) is 32.1 Å². The molecule has 0 aliphatic heterocycles. The number of carboxylic acid groups (broad SMARTS) is 1. The van der Waals surface area contributed by atoms with Gasteiger partial charge < -0.3 is 20.1 Å². The monoisotopic (exact) mass is 723 g/mol. The van der Waals surface area contributed by atoms with Gasteiger partial charge in [0.25, 0.3) is 0 Å². The van der Waals surface area contributed by atoms with E-state index < -0.39 is 75.8 Å². The molecule has 274 valence electrons. The highest BCUT2D eigenvalue weighted by atomic mass is 19.4. The molecule has 0 fully saturated rings. The van der Waals surface area contributed by atoms with E-state index in [2.05, 4.69) is 22.1 Å². The molecular weight excluding hydrogens is 687 g/mol. The van der Waals surface area contributed by atoms with Crippen LogP contribution in [0.15, 0.2) is 48.7 Å². The number of ether oxygens (including phenoxy) is 1. The minimum Gasteiger partial charge on any atom is -0.479 e. The number of amides is 2. The van der Waals surface area contributed by atoms with Crippen LogP contribution in [-0.4, -0.2) is 46.2 Å². The fourth-order valence-electron chi connectivity index (χ4n) is 4.91. The molecule has 1 atom stereocenters. The summed E-state index contributed by atoms with van der Waals surface area (Å²) < 4.78 is 101. The van der Waals surface area contributed by atoms with Crippen molar-refractivity contribution >= 4 is 23.7 Å². The van der Waals surface area contributed by atoms with Crippen LogP contribution < -0.4 is 10.2 Å². The number of anilines is 1. The van der Waals surface area contributed by atoms with Gasteiger partial charge in [-0.3, -0.25) is 4.79 Å². The van der Waals surface area contributed by atoms with Crippen LogP contribution in [0.2, 0.25) is 0 Å². The molecule has 0 saturated heterocycles. The van der Waals surface area contributed by atoms with Crippen LogP contribution in [0.3, 0.4) is 0 Å². The Morgan fingerprint density at radius 3 is 1.90 bits per heavy atom. The molecule has 0 radical (unpaired) electrons. The van der Waals surface area contributed by atoms with Crippen molar-refractivity contribution < 1.29 is 55.0 Å². The Morgan fingerprint density at radius 2 is 1.41 bits per heavy atom. The molecule has 2 amide bonds. The normalized spacial score (nSPS) is 13.4. The lowest BCUT2D eigenvalue weighted by Gasteiger charge is -2.32. The van der Waals surface area contributed by atoms with Gasteiger partial charge in [0.1, 0.15) is 22.7 Å². The van der Waals surface area contributed by atoms with Crippen LogP contribution in [0.1, 0.15) is 75.9 Å². The van der Waals surface area contributed by atoms with E-state index in [1.807, 2.05) is 0 Å². The Morgan fingerprint density at radius 1 is 0.863 bits per heavy atom. The van der Waals surface area contributed by atoms with E-state index in [0.717, 1.165) is 11.0 Å². The van der Waals surface area contributed by atoms with E-state index in [4.69, 9.17) is 4.74 Å². The molecule has 15 heteroatoms. The molecule has 2 aromatic carbocycles. The molecule has 3 rings (SSSR count). The Bertz CT molecular complexity index is 1870. The fraction of sp³-hybridized carbons (Fsp3) is 0.389. The van der Waals surface area contributed by atoms with Crippen molar-refractivity contribution in [2.45, 2.75) is 83.8 Å². The van der Waals surface area contributed by atoms with E-state index in [9.17, 15) is 50.2 Å². The van der Waals surface area contributed by atoms with Crippen molar-refractivity contribution in [2.75, 3.05) is 11.9 Å². The highest BCUT2D eigenvalue weighted by molar-refractivity contribution is 6.03. The van der Waals surface area contributed by atoms with Crippen LogP contribution in [0.25, 0.3) is 11.1 Å². The summed E-state index contributed by atoms with van der Waals surface area (Å²) in [6, 6.07) is 6.12. The number of carbonyl (C=O) groups excluding carboxylic acids is 2. The zero-order chi connectivity index (χ0) is 38.9. The first kappa shape index (κ1) is 40.3. The molecule has 2 N–H and O–H groups in total. The SMILES string of the molecule is Cc1cc(F)ccc1-c1cc(C#CC[C@](C)(NC(=O)OC(C)(C)C)C(=O)O)ncc1N(C)C(=O)C(C)(C)c1cc(C(F)(F)F)cc(C(F)(F)F)c1. The van der Waals surface area contributed by atoms with Gasteiger partial charge in [-0.25, -0.2) is 19.0 Å². The van der Waals surface area contributed by atoms with Crippen LogP contribution in [0.4, 0.5) is 41.2 Å². The van der Waals surface area contributed by atoms with Crippen LogP contribution >= 0.6 is 0 Å². The molecule has 0 bridgehead atoms. The first-order valence-electron chi connectivity index (χ1n) is 15.2. The number of hydrogen-bond donors (Lipinski definition) is 2. The summed E-state index contributed by atoms with van der Waals surface area (Å²) in [5.74, 6) is 2.48. The third-order valence-corrected chi connectivity index (χ3v) is 7.78.